The molecule has 2 saturated carbocycles. The fourth-order valence-electron chi connectivity index (χ4n) is 5.28. The first-order chi connectivity index (χ1) is 13.7. The molecule has 2 heterocycles. The van der Waals surface area contributed by atoms with Gasteiger partial charge in [0.1, 0.15) is 6.10 Å². The lowest BCUT2D eigenvalue weighted by Gasteiger charge is -2.41. The molecule has 1 N–H and O–H groups in total. The summed E-state index contributed by atoms with van der Waals surface area (Å²) in [5.41, 5.74) is 0. The molecule has 0 aromatic heterocycles. The van der Waals surface area contributed by atoms with Crippen molar-refractivity contribution in [2.45, 2.75) is 106 Å². The van der Waals surface area contributed by atoms with Gasteiger partial charge in [-0.3, -0.25) is 9.59 Å². The fourth-order valence-corrected chi connectivity index (χ4v) is 8.29. The molecule has 158 valence electrons. The van der Waals surface area contributed by atoms with Crippen LogP contribution in [0.2, 0.25) is 0 Å². The monoisotopic (exact) mass is 425 g/mol. The van der Waals surface area contributed by atoms with Crippen LogP contribution in [0.15, 0.2) is 0 Å². The van der Waals surface area contributed by atoms with Gasteiger partial charge in [-0.05, 0) is 70.8 Å². The molecular formula is C22H35NO3S2. The van der Waals surface area contributed by atoms with Crippen LogP contribution in [0.4, 0.5) is 0 Å². The van der Waals surface area contributed by atoms with Crippen molar-refractivity contribution in [1.82, 2.24) is 5.32 Å². The third kappa shape index (κ3) is 5.28. The molecule has 2 saturated heterocycles. The molecule has 4 aliphatic rings. The van der Waals surface area contributed by atoms with Gasteiger partial charge in [0.25, 0.3) is 0 Å². The van der Waals surface area contributed by atoms with Crippen molar-refractivity contribution < 1.29 is 14.3 Å². The van der Waals surface area contributed by atoms with Gasteiger partial charge in [0.05, 0.1) is 12.0 Å². The normalized spacial score (nSPS) is 37.5. The highest BCUT2D eigenvalue weighted by molar-refractivity contribution is 8.80. The zero-order chi connectivity index (χ0) is 19.3. The summed E-state index contributed by atoms with van der Waals surface area (Å²) in [6.07, 6.45) is 14.1. The van der Waals surface area contributed by atoms with Crippen LogP contribution in [0.1, 0.15) is 83.5 Å². The molecule has 0 bridgehead atoms. The number of esters is 1. The van der Waals surface area contributed by atoms with Crippen LogP contribution < -0.4 is 5.32 Å². The predicted molar refractivity (Wildman–Crippen MR) is 116 cm³/mol. The molecule has 6 heteroatoms. The van der Waals surface area contributed by atoms with E-state index in [4.69, 9.17) is 4.74 Å². The summed E-state index contributed by atoms with van der Waals surface area (Å²) in [5.74, 6) is 0.531. The maximum Gasteiger partial charge on any atom is 0.309 e. The molecule has 4 fully saturated rings. The first-order valence-corrected chi connectivity index (χ1v) is 13.8. The van der Waals surface area contributed by atoms with E-state index >= 15 is 0 Å². The quantitative estimate of drug-likeness (QED) is 0.511. The van der Waals surface area contributed by atoms with E-state index < -0.39 is 0 Å². The van der Waals surface area contributed by atoms with Crippen LogP contribution in [0, 0.1) is 11.8 Å². The maximum absolute atomic E-state index is 13.0. The molecule has 4 unspecified atom stereocenters. The summed E-state index contributed by atoms with van der Waals surface area (Å²) < 4.78 is 6.01. The van der Waals surface area contributed by atoms with Crippen molar-refractivity contribution >= 4 is 33.3 Å². The molecule has 2 aliphatic heterocycles. The van der Waals surface area contributed by atoms with Crippen molar-refractivity contribution in [3.8, 4) is 0 Å². The highest BCUT2D eigenvalue weighted by Gasteiger charge is 2.43. The minimum absolute atomic E-state index is 0.0153. The Balaban J connectivity index is 1.35. The first kappa shape index (κ1) is 21.0. The average molecular weight is 426 g/mol. The predicted octanol–water partition coefficient (Wildman–Crippen LogP) is 4.90. The number of hydrogen-bond acceptors (Lipinski definition) is 6. The number of carbonyl (C=O) groups excluding carboxylic acids is 2. The molecule has 5 atom stereocenters. The Morgan fingerprint density at radius 3 is 2.04 bits per heavy atom. The highest BCUT2D eigenvalue weighted by atomic mass is 33.1. The summed E-state index contributed by atoms with van der Waals surface area (Å²) in [4.78, 5) is 26.0. The van der Waals surface area contributed by atoms with Crippen LogP contribution in [0.5, 0.6) is 0 Å². The Labute approximate surface area is 177 Å². The van der Waals surface area contributed by atoms with Gasteiger partial charge >= 0.3 is 5.97 Å². The number of ether oxygens (including phenoxy) is 1. The Kier molecular flexibility index (Phi) is 7.67. The standard InChI is InChI=1S/C22H35NO3S2/c24-21(18-9-6-12-23-18)15-10-11-16(14-20-19(13-15)27-28-20)22(25)26-17-7-4-2-1-3-5-8-17/h15-20,23H,1-14H2/t15?,16?,18-,19?,20?/m0/s1. The molecule has 0 amide bonds. The van der Waals surface area contributed by atoms with Crippen molar-refractivity contribution in [1.29, 1.82) is 0 Å². The van der Waals surface area contributed by atoms with Crippen molar-refractivity contribution in [3.63, 3.8) is 0 Å². The zero-order valence-electron chi connectivity index (χ0n) is 16.9. The number of nitrogens with one attached hydrogen (secondary N) is 1. The van der Waals surface area contributed by atoms with Gasteiger partial charge in [0.2, 0.25) is 0 Å². The van der Waals surface area contributed by atoms with Gasteiger partial charge in [0, 0.05) is 16.4 Å². The number of fused-ring (bicyclic) bond motifs is 1. The summed E-state index contributed by atoms with van der Waals surface area (Å²) >= 11 is 0. The van der Waals surface area contributed by atoms with E-state index in [1.54, 1.807) is 0 Å². The number of carbonyl (C=O) groups is 2. The molecule has 4 nitrogen and oxygen atoms in total. The second kappa shape index (κ2) is 10.2. The van der Waals surface area contributed by atoms with Gasteiger partial charge < -0.3 is 10.1 Å². The van der Waals surface area contributed by atoms with Gasteiger partial charge in [-0.25, -0.2) is 0 Å². The summed E-state index contributed by atoms with van der Waals surface area (Å²) in [5, 5.41) is 4.44. The largest absolute Gasteiger partial charge is 0.462 e. The number of ketones is 1. The van der Waals surface area contributed by atoms with Gasteiger partial charge in [-0.1, -0.05) is 40.9 Å². The molecule has 0 spiro atoms. The van der Waals surface area contributed by atoms with Crippen LogP contribution >= 0.6 is 21.6 Å². The molecule has 4 rings (SSSR count). The van der Waals surface area contributed by atoms with Crippen LogP contribution in [0.25, 0.3) is 0 Å². The first-order valence-electron chi connectivity index (χ1n) is 11.5. The van der Waals surface area contributed by atoms with Crippen LogP contribution in [-0.2, 0) is 14.3 Å². The van der Waals surface area contributed by atoms with Crippen molar-refractivity contribution in [3.05, 3.63) is 0 Å². The molecule has 0 radical (unpaired) electrons. The average Bonchev–Trinajstić information content (AvgIpc) is 3.18. The number of hydrogen-bond donors (Lipinski definition) is 1. The third-order valence-electron chi connectivity index (χ3n) is 7.09. The molecule has 28 heavy (non-hydrogen) atoms. The Hall–Kier alpha value is -0.200. The lowest BCUT2D eigenvalue weighted by molar-refractivity contribution is -0.156. The summed E-state index contributed by atoms with van der Waals surface area (Å²) in [6, 6.07) is 0.0564. The van der Waals surface area contributed by atoms with E-state index in [2.05, 4.69) is 5.32 Å². The SMILES string of the molecule is O=C(OC1CCCCCCC1)C1CCC(C(=O)[C@@H]2CCCN2)CC2SSC2C1. The van der Waals surface area contributed by atoms with Crippen LogP contribution in [0.3, 0.4) is 0 Å². The number of Topliss-reactive ketones (excluding diaryl/α,β-unsaturated/α-hetero) is 1. The molecule has 2 aliphatic carbocycles. The van der Waals surface area contributed by atoms with Gasteiger partial charge in [-0.2, -0.15) is 0 Å². The maximum atomic E-state index is 13.0. The van der Waals surface area contributed by atoms with E-state index in [1.165, 1.54) is 32.1 Å². The molecular weight excluding hydrogens is 390 g/mol. The lowest BCUT2D eigenvalue weighted by atomic mass is 9.81. The minimum atomic E-state index is -0.0153. The number of rotatable bonds is 4. The van der Waals surface area contributed by atoms with Crippen molar-refractivity contribution in [2.75, 3.05) is 6.54 Å². The fraction of sp³-hybridized carbons (Fsp3) is 0.909. The van der Waals surface area contributed by atoms with E-state index in [1.807, 2.05) is 21.6 Å². The van der Waals surface area contributed by atoms with E-state index in [-0.39, 0.29) is 30.0 Å². The topological polar surface area (TPSA) is 55.4 Å². The van der Waals surface area contributed by atoms with E-state index in [9.17, 15) is 9.59 Å². The van der Waals surface area contributed by atoms with E-state index in [0.29, 0.717) is 16.3 Å². The highest BCUT2D eigenvalue weighted by Crippen LogP contribution is 2.54. The molecule has 0 aromatic carbocycles. The Morgan fingerprint density at radius 1 is 0.750 bits per heavy atom. The summed E-state index contributed by atoms with van der Waals surface area (Å²) in [7, 11) is 3.84. The summed E-state index contributed by atoms with van der Waals surface area (Å²) in [6.45, 7) is 0.968. The van der Waals surface area contributed by atoms with Crippen molar-refractivity contribution in [2.24, 2.45) is 11.8 Å². The van der Waals surface area contributed by atoms with Gasteiger partial charge in [-0.15, -0.1) is 0 Å². The third-order valence-corrected chi connectivity index (χ3v) is 10.7. The van der Waals surface area contributed by atoms with E-state index in [0.717, 1.165) is 57.9 Å². The molecule has 0 aromatic rings. The smallest absolute Gasteiger partial charge is 0.309 e. The second-order valence-corrected chi connectivity index (χ2v) is 11.9. The second-order valence-electron chi connectivity index (χ2n) is 9.17. The lowest BCUT2D eigenvalue weighted by Crippen LogP contribution is -2.42. The Bertz CT molecular complexity index is 544. The van der Waals surface area contributed by atoms with Gasteiger partial charge in [0.15, 0.2) is 5.78 Å². The van der Waals surface area contributed by atoms with Crippen LogP contribution in [-0.4, -0.2) is 40.9 Å². The Morgan fingerprint density at radius 2 is 1.39 bits per heavy atom. The zero-order valence-corrected chi connectivity index (χ0v) is 18.5. The minimum Gasteiger partial charge on any atom is -0.462 e.